The first-order chi connectivity index (χ1) is 4.50. The molecule has 1 rings (SSSR count). The quantitative estimate of drug-likeness (QED) is 0.494. The van der Waals surface area contributed by atoms with Crippen molar-refractivity contribution in [2.24, 2.45) is 0 Å². The summed E-state index contributed by atoms with van der Waals surface area (Å²) >= 11 is 0. The molecule has 0 atom stereocenters. The maximum absolute atomic E-state index is 5.23. The second kappa shape index (κ2) is 7.51. The zero-order valence-corrected chi connectivity index (χ0v) is 6.89. The van der Waals surface area contributed by atoms with Gasteiger partial charge in [0.05, 0.1) is 13.2 Å². The summed E-state index contributed by atoms with van der Waals surface area (Å²) in [6.07, 6.45) is 0. The molecule has 0 aromatic rings. The van der Waals surface area contributed by atoms with E-state index in [9.17, 15) is 0 Å². The van der Waals surface area contributed by atoms with E-state index in [1.54, 1.807) is 0 Å². The molecule has 0 aromatic carbocycles. The van der Waals surface area contributed by atoms with Crippen LogP contribution in [0.5, 0.6) is 0 Å². The van der Waals surface area contributed by atoms with Gasteiger partial charge in [-0.25, -0.2) is 0 Å². The first kappa shape index (κ1) is 10.4. The Kier molecular flexibility index (Phi) is 7.81. The Balaban J connectivity index is 0.000000810. The molecule has 2 N–H and O–H groups in total. The molecule has 1 radical (unpaired) electrons. The third-order valence-corrected chi connectivity index (χ3v) is 1.32. The maximum atomic E-state index is 5.23. The molecule has 0 aliphatic carbocycles. The van der Waals surface area contributed by atoms with Crippen LogP contribution in [0, 0.1) is 0 Å². The van der Waals surface area contributed by atoms with Crippen LogP contribution >= 0.6 is 0 Å². The van der Waals surface area contributed by atoms with Crippen molar-refractivity contribution < 1.29 is 21.8 Å². The largest absolute Gasteiger partial charge is 0.379 e. The smallest absolute Gasteiger partial charge is 0.0591 e. The van der Waals surface area contributed by atoms with E-state index < -0.39 is 0 Å². The minimum absolute atomic E-state index is 0. The average Bonchev–Trinajstić information content (AvgIpc) is 2.00. The predicted octanol–water partition coefficient (Wildman–Crippen LogP) is -0.807. The van der Waals surface area contributed by atoms with E-state index in [0.717, 1.165) is 39.4 Å². The van der Waals surface area contributed by atoms with Crippen LogP contribution in [0.15, 0.2) is 0 Å². The molecule has 0 spiro atoms. The van der Waals surface area contributed by atoms with Gasteiger partial charge in [0.2, 0.25) is 0 Å². The monoisotopic (exact) mass is 193 g/mol. The zero-order valence-electron chi connectivity index (χ0n) is 5.95. The van der Waals surface area contributed by atoms with E-state index in [0.29, 0.717) is 0 Å². The van der Waals surface area contributed by atoms with Crippen LogP contribution in [0.1, 0.15) is 0 Å². The fraction of sp³-hybridized carbons (Fsp3) is 1.00. The van der Waals surface area contributed by atoms with Crippen LogP contribution in [0.25, 0.3) is 0 Å². The number of hydrogen-bond acceptors (Lipinski definition) is 3. The van der Waals surface area contributed by atoms with E-state index in [-0.39, 0.29) is 17.1 Å². The van der Waals surface area contributed by atoms with Gasteiger partial charge in [0.1, 0.15) is 0 Å². The van der Waals surface area contributed by atoms with Crippen LogP contribution in [-0.2, 0) is 21.8 Å². The van der Waals surface area contributed by atoms with Crippen molar-refractivity contribution in [3.63, 3.8) is 0 Å². The van der Waals surface area contributed by atoms with Crippen molar-refractivity contribution in [2.45, 2.75) is 0 Å². The van der Waals surface area contributed by atoms with Gasteiger partial charge in [-0.2, -0.15) is 0 Å². The van der Waals surface area contributed by atoms with Crippen molar-refractivity contribution in [1.29, 1.82) is 0 Å². The Morgan fingerprint density at radius 2 is 1.30 bits per heavy atom. The summed E-state index contributed by atoms with van der Waals surface area (Å²) in [5.74, 6) is 0. The summed E-state index contributed by atoms with van der Waals surface area (Å²) < 4.78 is 5.23. The fourth-order valence-electron chi connectivity index (χ4n) is 0.818. The maximum Gasteiger partial charge on any atom is 0.0591 e. The third-order valence-electron chi connectivity index (χ3n) is 1.32. The molecule has 10 heavy (non-hydrogen) atoms. The van der Waals surface area contributed by atoms with Gasteiger partial charge in [-0.1, -0.05) is 0 Å². The van der Waals surface area contributed by atoms with Crippen LogP contribution in [0.2, 0.25) is 0 Å². The third kappa shape index (κ3) is 5.21. The van der Waals surface area contributed by atoms with Crippen molar-refractivity contribution in [3.05, 3.63) is 0 Å². The molecule has 0 aromatic heterocycles. The van der Waals surface area contributed by atoms with Crippen LogP contribution < -0.4 is 10.6 Å². The second-order valence-corrected chi connectivity index (χ2v) is 2.11. The van der Waals surface area contributed by atoms with Crippen molar-refractivity contribution >= 4 is 0 Å². The number of ether oxygens (including phenoxy) is 1. The Morgan fingerprint density at radius 1 is 0.800 bits per heavy atom. The van der Waals surface area contributed by atoms with Gasteiger partial charge >= 0.3 is 0 Å². The Bertz CT molecular complexity index is 44.2. The zero-order chi connectivity index (χ0) is 6.36. The van der Waals surface area contributed by atoms with E-state index in [1.165, 1.54) is 0 Å². The molecule has 1 heterocycles. The SMILES string of the molecule is C1CNCCOCCN1.[Cu]. The standard InChI is InChI=1S/C6H14N2O.Cu/c1-2-8-4-6-9-5-3-7-1;/h7-8H,1-6H2;. The number of hydrogen-bond donors (Lipinski definition) is 2. The van der Waals surface area contributed by atoms with E-state index >= 15 is 0 Å². The molecule has 65 valence electrons. The van der Waals surface area contributed by atoms with Gasteiger partial charge in [-0.05, 0) is 0 Å². The summed E-state index contributed by atoms with van der Waals surface area (Å²) in [5.41, 5.74) is 0. The summed E-state index contributed by atoms with van der Waals surface area (Å²) in [5, 5.41) is 6.48. The summed E-state index contributed by atoms with van der Waals surface area (Å²) in [7, 11) is 0. The first-order valence-corrected chi connectivity index (χ1v) is 3.49. The molecule has 0 bridgehead atoms. The van der Waals surface area contributed by atoms with E-state index in [1.807, 2.05) is 0 Å². The minimum Gasteiger partial charge on any atom is -0.379 e. The Hall–Kier alpha value is 0.399. The molecular weight excluding hydrogens is 180 g/mol. The van der Waals surface area contributed by atoms with Crippen molar-refractivity contribution in [2.75, 3.05) is 39.4 Å². The molecule has 4 heteroatoms. The molecule has 1 saturated heterocycles. The molecule has 0 unspecified atom stereocenters. The van der Waals surface area contributed by atoms with E-state index in [4.69, 9.17) is 4.74 Å². The predicted molar refractivity (Wildman–Crippen MR) is 36.6 cm³/mol. The van der Waals surface area contributed by atoms with Crippen LogP contribution in [-0.4, -0.2) is 39.4 Å². The Labute approximate surface area is 72.4 Å². The van der Waals surface area contributed by atoms with Crippen molar-refractivity contribution in [1.82, 2.24) is 10.6 Å². The Morgan fingerprint density at radius 3 is 1.80 bits per heavy atom. The van der Waals surface area contributed by atoms with Crippen molar-refractivity contribution in [3.8, 4) is 0 Å². The van der Waals surface area contributed by atoms with Gasteiger partial charge in [0.15, 0.2) is 0 Å². The summed E-state index contributed by atoms with van der Waals surface area (Å²) in [6, 6.07) is 0. The molecule has 0 saturated carbocycles. The number of rotatable bonds is 0. The molecule has 1 aliphatic rings. The minimum atomic E-state index is 0. The molecule has 3 nitrogen and oxygen atoms in total. The fourth-order valence-corrected chi connectivity index (χ4v) is 0.818. The van der Waals surface area contributed by atoms with Crippen LogP contribution in [0.4, 0.5) is 0 Å². The normalized spacial score (nSPS) is 21.6. The van der Waals surface area contributed by atoms with Crippen LogP contribution in [0.3, 0.4) is 0 Å². The average molecular weight is 194 g/mol. The summed E-state index contributed by atoms with van der Waals surface area (Å²) in [4.78, 5) is 0. The molecule has 1 fully saturated rings. The molecular formula is C6H14CuN2O. The van der Waals surface area contributed by atoms with E-state index in [2.05, 4.69) is 10.6 Å². The summed E-state index contributed by atoms with van der Waals surface area (Å²) in [6.45, 7) is 5.79. The van der Waals surface area contributed by atoms with Gasteiger partial charge < -0.3 is 15.4 Å². The first-order valence-electron chi connectivity index (χ1n) is 3.49. The molecule has 1 aliphatic heterocycles. The number of nitrogens with one attached hydrogen (secondary N) is 2. The van der Waals surface area contributed by atoms with Gasteiger partial charge in [-0.15, -0.1) is 0 Å². The van der Waals surface area contributed by atoms with Gasteiger partial charge in [0.25, 0.3) is 0 Å². The van der Waals surface area contributed by atoms with Gasteiger partial charge in [0, 0.05) is 43.2 Å². The second-order valence-electron chi connectivity index (χ2n) is 2.11. The molecule has 0 amide bonds. The topological polar surface area (TPSA) is 33.3 Å². The van der Waals surface area contributed by atoms with Gasteiger partial charge in [-0.3, -0.25) is 0 Å².